The van der Waals surface area contributed by atoms with Gasteiger partial charge in [-0.15, -0.1) is 11.6 Å². The van der Waals surface area contributed by atoms with Crippen molar-refractivity contribution >= 4 is 11.6 Å². The maximum absolute atomic E-state index is 12.5. The lowest BCUT2D eigenvalue weighted by molar-refractivity contribution is 0.148. The number of aromatic nitrogens is 1. The number of alkyl halides is 3. The Bertz CT molecular complexity index is 363. The Balaban J connectivity index is 3.39. The van der Waals surface area contributed by atoms with E-state index in [1.165, 1.54) is 0 Å². The summed E-state index contributed by atoms with van der Waals surface area (Å²) in [5.41, 5.74) is -2.08. The van der Waals surface area contributed by atoms with Gasteiger partial charge in [-0.05, 0) is 11.6 Å². The van der Waals surface area contributed by atoms with Crippen LogP contribution in [0, 0.1) is 5.95 Å². The third-order valence-corrected chi connectivity index (χ3v) is 1.77. The van der Waals surface area contributed by atoms with E-state index in [0.717, 1.165) is 6.07 Å². The van der Waals surface area contributed by atoms with E-state index >= 15 is 0 Å². The highest BCUT2D eigenvalue weighted by atomic mass is 35.5. The van der Waals surface area contributed by atoms with Crippen LogP contribution in [-0.4, -0.2) is 4.98 Å². The van der Waals surface area contributed by atoms with Gasteiger partial charge in [-0.25, -0.2) is 8.78 Å². The van der Waals surface area contributed by atoms with E-state index in [1.807, 2.05) is 0 Å². The van der Waals surface area contributed by atoms with Crippen LogP contribution in [0.4, 0.5) is 13.2 Å². The summed E-state index contributed by atoms with van der Waals surface area (Å²) in [4.78, 5) is 12.5. The van der Waals surface area contributed by atoms with Crippen LogP contribution in [0.1, 0.15) is 17.6 Å². The molecular formula is C7H5ClF3NO. The summed E-state index contributed by atoms with van der Waals surface area (Å²) < 4.78 is 36.9. The van der Waals surface area contributed by atoms with Gasteiger partial charge in [-0.2, -0.15) is 4.39 Å². The Morgan fingerprint density at radius 2 is 2.15 bits per heavy atom. The molecule has 0 aliphatic carbocycles. The van der Waals surface area contributed by atoms with E-state index in [9.17, 15) is 18.0 Å². The van der Waals surface area contributed by atoms with Gasteiger partial charge in [0.15, 0.2) is 5.95 Å². The van der Waals surface area contributed by atoms with Crippen molar-refractivity contribution in [2.24, 2.45) is 0 Å². The quantitative estimate of drug-likeness (QED) is 0.590. The summed E-state index contributed by atoms with van der Waals surface area (Å²) in [6.45, 7) is 0. The highest BCUT2D eigenvalue weighted by molar-refractivity contribution is 6.17. The fraction of sp³-hybridized carbons (Fsp3) is 0.286. The molecular weight excluding hydrogens is 207 g/mol. The van der Waals surface area contributed by atoms with Gasteiger partial charge in [0.2, 0.25) is 0 Å². The van der Waals surface area contributed by atoms with Crippen LogP contribution in [0.3, 0.4) is 0 Å². The predicted molar refractivity (Wildman–Crippen MR) is 41.5 cm³/mol. The molecule has 1 aromatic rings. The molecule has 0 aliphatic heterocycles. The average Bonchev–Trinajstić information content (AvgIpc) is 2.01. The molecule has 0 aliphatic rings. The van der Waals surface area contributed by atoms with E-state index in [-0.39, 0.29) is 11.4 Å². The molecule has 0 spiro atoms. The molecule has 6 heteroatoms. The molecule has 1 rings (SSSR count). The molecule has 72 valence electrons. The van der Waals surface area contributed by atoms with Crippen molar-refractivity contribution < 1.29 is 13.2 Å². The summed E-state index contributed by atoms with van der Waals surface area (Å²) in [7, 11) is 0. The zero-order valence-electron chi connectivity index (χ0n) is 6.28. The fourth-order valence-electron chi connectivity index (χ4n) is 0.938. The third-order valence-electron chi connectivity index (χ3n) is 1.49. The minimum absolute atomic E-state index is 0.182. The minimum atomic E-state index is -2.95. The van der Waals surface area contributed by atoms with Gasteiger partial charge in [0, 0.05) is 5.88 Å². The minimum Gasteiger partial charge on any atom is -0.298 e. The van der Waals surface area contributed by atoms with E-state index in [0.29, 0.717) is 0 Å². The smallest absolute Gasteiger partial charge is 0.269 e. The van der Waals surface area contributed by atoms with Gasteiger partial charge in [0.05, 0.1) is 5.56 Å². The SMILES string of the molecule is O=c1[nH]c(F)cc(CCl)c1C(F)F. The summed E-state index contributed by atoms with van der Waals surface area (Å²) in [5.74, 6) is -1.29. The second-order valence-electron chi connectivity index (χ2n) is 2.32. The van der Waals surface area contributed by atoms with E-state index in [2.05, 4.69) is 0 Å². The van der Waals surface area contributed by atoms with Crippen LogP contribution < -0.4 is 5.56 Å². The normalized spacial score (nSPS) is 10.8. The molecule has 1 N–H and O–H groups in total. The number of hydrogen-bond acceptors (Lipinski definition) is 1. The van der Waals surface area contributed by atoms with E-state index < -0.39 is 23.5 Å². The largest absolute Gasteiger partial charge is 0.298 e. The third kappa shape index (κ3) is 2.03. The van der Waals surface area contributed by atoms with Crippen molar-refractivity contribution in [2.75, 3.05) is 0 Å². The molecule has 0 bridgehead atoms. The molecule has 0 amide bonds. The number of hydrogen-bond donors (Lipinski definition) is 1. The van der Waals surface area contributed by atoms with Gasteiger partial charge in [0.1, 0.15) is 0 Å². The lowest BCUT2D eigenvalue weighted by atomic mass is 10.1. The van der Waals surface area contributed by atoms with Gasteiger partial charge in [0.25, 0.3) is 12.0 Å². The van der Waals surface area contributed by atoms with Gasteiger partial charge in [-0.1, -0.05) is 0 Å². The topological polar surface area (TPSA) is 32.9 Å². The van der Waals surface area contributed by atoms with Gasteiger partial charge < -0.3 is 0 Å². The lowest BCUT2D eigenvalue weighted by Gasteiger charge is -2.03. The first-order chi connectivity index (χ1) is 6.06. The van der Waals surface area contributed by atoms with Crippen LogP contribution in [0.15, 0.2) is 10.9 Å². The maximum atomic E-state index is 12.5. The second-order valence-corrected chi connectivity index (χ2v) is 2.59. The first-order valence-corrected chi connectivity index (χ1v) is 3.85. The van der Waals surface area contributed by atoms with Crippen molar-refractivity contribution in [3.05, 3.63) is 33.5 Å². The molecule has 0 saturated heterocycles. The molecule has 1 aromatic heterocycles. The van der Waals surface area contributed by atoms with Crippen molar-refractivity contribution in [1.29, 1.82) is 0 Å². The molecule has 0 unspecified atom stereocenters. The van der Waals surface area contributed by atoms with E-state index in [1.54, 1.807) is 4.98 Å². The Kier molecular flexibility index (Phi) is 2.98. The number of pyridine rings is 1. The highest BCUT2D eigenvalue weighted by Crippen LogP contribution is 2.20. The standard InChI is InChI=1S/C7H5ClF3NO/c8-2-3-1-4(9)12-7(13)5(3)6(10)11/h1,6H,2H2,(H,12,13). The first-order valence-electron chi connectivity index (χ1n) is 3.32. The summed E-state index contributed by atoms with van der Waals surface area (Å²) in [6, 6.07) is 0.788. The Labute approximate surface area is 76.3 Å². The van der Waals surface area contributed by atoms with Crippen molar-refractivity contribution in [3.63, 3.8) is 0 Å². The molecule has 13 heavy (non-hydrogen) atoms. The number of nitrogens with one attached hydrogen (secondary N) is 1. The monoisotopic (exact) mass is 211 g/mol. The molecule has 0 radical (unpaired) electrons. The zero-order chi connectivity index (χ0) is 10.0. The molecule has 0 fully saturated rings. The van der Waals surface area contributed by atoms with Gasteiger partial charge >= 0.3 is 0 Å². The van der Waals surface area contributed by atoms with Gasteiger partial charge in [-0.3, -0.25) is 9.78 Å². The average molecular weight is 212 g/mol. The second kappa shape index (κ2) is 3.83. The number of halogens is 4. The summed E-state index contributed by atoms with van der Waals surface area (Å²) in [5, 5.41) is 0. The maximum Gasteiger partial charge on any atom is 0.269 e. The summed E-state index contributed by atoms with van der Waals surface area (Å²) >= 11 is 5.27. The van der Waals surface area contributed by atoms with Crippen molar-refractivity contribution in [3.8, 4) is 0 Å². The zero-order valence-corrected chi connectivity index (χ0v) is 7.04. The number of rotatable bonds is 2. The molecule has 0 atom stereocenters. The predicted octanol–water partition coefficient (Wildman–Crippen LogP) is 2.19. The number of H-pyrrole nitrogens is 1. The van der Waals surface area contributed by atoms with Crippen molar-refractivity contribution in [1.82, 2.24) is 4.98 Å². The molecule has 1 heterocycles. The molecule has 0 saturated carbocycles. The van der Waals surface area contributed by atoms with Crippen LogP contribution in [-0.2, 0) is 5.88 Å². The van der Waals surface area contributed by atoms with Crippen LogP contribution in [0.2, 0.25) is 0 Å². The summed E-state index contributed by atoms with van der Waals surface area (Å²) in [6.07, 6.45) is -2.95. The molecule has 0 aromatic carbocycles. The first kappa shape index (κ1) is 10.1. The number of aromatic amines is 1. The van der Waals surface area contributed by atoms with Crippen molar-refractivity contribution in [2.45, 2.75) is 12.3 Å². The van der Waals surface area contributed by atoms with E-state index in [4.69, 9.17) is 11.6 Å². The Morgan fingerprint density at radius 3 is 2.62 bits per heavy atom. The fourth-order valence-corrected chi connectivity index (χ4v) is 1.16. The molecule has 2 nitrogen and oxygen atoms in total. The Hall–Kier alpha value is -0.970. The van der Waals surface area contributed by atoms with Crippen LogP contribution >= 0.6 is 11.6 Å². The Morgan fingerprint density at radius 1 is 1.54 bits per heavy atom. The lowest BCUT2D eigenvalue weighted by Crippen LogP contribution is -2.17. The van der Waals surface area contributed by atoms with Crippen LogP contribution in [0.5, 0.6) is 0 Å². The van der Waals surface area contributed by atoms with Crippen LogP contribution in [0.25, 0.3) is 0 Å². The highest BCUT2D eigenvalue weighted by Gasteiger charge is 2.17.